The van der Waals surface area contributed by atoms with Crippen molar-refractivity contribution < 1.29 is 22.3 Å². The average molecular weight is 553 g/mol. The zero-order valence-corrected chi connectivity index (χ0v) is 25.0. The summed E-state index contributed by atoms with van der Waals surface area (Å²) >= 11 is 0. The molecule has 0 spiro atoms. The van der Waals surface area contributed by atoms with E-state index in [2.05, 4.69) is 45.0 Å². The minimum absolute atomic E-state index is 0.0296. The van der Waals surface area contributed by atoms with Crippen LogP contribution in [0.2, 0.25) is 5.04 Å². The van der Waals surface area contributed by atoms with E-state index >= 15 is 0 Å². The van der Waals surface area contributed by atoms with Gasteiger partial charge in [0.2, 0.25) is 0 Å². The molecule has 0 bridgehead atoms. The lowest BCUT2D eigenvalue weighted by atomic mass is 9.92. The van der Waals surface area contributed by atoms with Crippen LogP contribution in [-0.2, 0) is 29.5 Å². The topological polar surface area (TPSA) is 61.8 Å². The molecular formula is C31H40O5SSi. The highest BCUT2D eigenvalue weighted by atomic mass is 32.2. The van der Waals surface area contributed by atoms with Gasteiger partial charge in [0.25, 0.3) is 8.32 Å². The van der Waals surface area contributed by atoms with Crippen molar-refractivity contribution in [3.05, 3.63) is 96.6 Å². The van der Waals surface area contributed by atoms with Crippen molar-refractivity contribution in [3.8, 4) is 0 Å². The number of sulfone groups is 1. The fourth-order valence-corrected chi connectivity index (χ4v) is 12.0. The first-order valence-corrected chi connectivity index (χ1v) is 16.9. The second kappa shape index (κ2) is 11.1. The van der Waals surface area contributed by atoms with Crippen LogP contribution in [0.4, 0.5) is 0 Å². The molecule has 0 saturated carbocycles. The molecule has 0 amide bonds. The van der Waals surface area contributed by atoms with Gasteiger partial charge in [-0.15, -0.1) is 0 Å². The Labute approximate surface area is 229 Å². The monoisotopic (exact) mass is 552 g/mol. The zero-order chi connectivity index (χ0) is 27.5. The highest BCUT2D eigenvalue weighted by Gasteiger charge is 2.53. The standard InChI is InChI=1S/C31H40O5SSi/c1-29(2,3)38(27-17-11-7-12-18-27,28-19-13-8-14-20-28)36-24-31(22-34-30(4,5)35-23-31)25-37(32,33)21-26-15-9-6-10-16-26/h6-20H,21-25H2,1-5H3. The SMILES string of the molecule is CC1(C)OCC(CO[Si](c2ccccc2)(c2ccccc2)C(C)(C)C)(CS(=O)(=O)Cc2ccccc2)CO1. The second-order valence-corrected chi connectivity index (χ2v) is 18.3. The van der Waals surface area contributed by atoms with Crippen LogP contribution in [0.15, 0.2) is 91.0 Å². The van der Waals surface area contributed by atoms with Crippen molar-refractivity contribution in [2.45, 2.75) is 51.2 Å². The lowest BCUT2D eigenvalue weighted by molar-refractivity contribution is -0.285. The molecule has 1 heterocycles. The lowest BCUT2D eigenvalue weighted by Crippen LogP contribution is -2.68. The molecular weight excluding hydrogens is 512 g/mol. The summed E-state index contributed by atoms with van der Waals surface area (Å²) in [7, 11) is -6.36. The van der Waals surface area contributed by atoms with Crippen LogP contribution in [0.5, 0.6) is 0 Å². The van der Waals surface area contributed by atoms with Gasteiger partial charge >= 0.3 is 0 Å². The van der Waals surface area contributed by atoms with E-state index < -0.39 is 29.4 Å². The van der Waals surface area contributed by atoms with Crippen LogP contribution in [0.25, 0.3) is 0 Å². The molecule has 5 nitrogen and oxygen atoms in total. The maximum atomic E-state index is 13.5. The molecule has 0 radical (unpaired) electrons. The van der Waals surface area contributed by atoms with Gasteiger partial charge < -0.3 is 13.9 Å². The van der Waals surface area contributed by atoms with E-state index in [9.17, 15) is 8.42 Å². The van der Waals surface area contributed by atoms with Gasteiger partial charge in [-0.05, 0) is 34.8 Å². The van der Waals surface area contributed by atoms with E-state index in [-0.39, 0.29) is 36.4 Å². The van der Waals surface area contributed by atoms with Gasteiger partial charge in [0.1, 0.15) is 0 Å². The van der Waals surface area contributed by atoms with Gasteiger partial charge in [0.05, 0.1) is 30.1 Å². The van der Waals surface area contributed by atoms with Crippen LogP contribution in [0, 0.1) is 5.41 Å². The van der Waals surface area contributed by atoms with Crippen LogP contribution >= 0.6 is 0 Å². The van der Waals surface area contributed by atoms with Gasteiger partial charge in [-0.2, -0.15) is 0 Å². The van der Waals surface area contributed by atoms with Crippen molar-refractivity contribution in [3.63, 3.8) is 0 Å². The minimum atomic E-state index is -3.49. The predicted molar refractivity (Wildman–Crippen MR) is 156 cm³/mol. The summed E-state index contributed by atoms with van der Waals surface area (Å²) in [5, 5.41) is 2.08. The second-order valence-electron chi connectivity index (χ2n) is 11.9. The van der Waals surface area contributed by atoms with Crippen molar-refractivity contribution in [2.24, 2.45) is 5.41 Å². The molecule has 0 aromatic heterocycles. The van der Waals surface area contributed by atoms with Crippen molar-refractivity contribution in [1.82, 2.24) is 0 Å². The molecule has 3 aromatic rings. The molecule has 1 aliphatic heterocycles. The predicted octanol–water partition coefficient (Wildman–Crippen LogP) is 4.95. The fraction of sp³-hybridized carbons (Fsp3) is 0.419. The third-order valence-electron chi connectivity index (χ3n) is 7.22. The van der Waals surface area contributed by atoms with Gasteiger partial charge in [-0.25, -0.2) is 8.42 Å². The van der Waals surface area contributed by atoms with Gasteiger partial charge in [-0.3, -0.25) is 0 Å². The number of benzene rings is 3. The van der Waals surface area contributed by atoms with E-state index in [1.54, 1.807) is 0 Å². The first-order valence-electron chi connectivity index (χ1n) is 13.1. The van der Waals surface area contributed by atoms with Crippen LogP contribution in [0.1, 0.15) is 40.2 Å². The largest absolute Gasteiger partial charge is 0.407 e. The molecule has 0 N–H and O–H groups in total. The first kappa shape index (κ1) is 28.7. The number of hydrogen-bond donors (Lipinski definition) is 0. The van der Waals surface area contributed by atoms with Crippen LogP contribution < -0.4 is 10.4 Å². The summed E-state index contributed by atoms with van der Waals surface area (Å²) in [5.41, 5.74) is -0.0653. The van der Waals surface area contributed by atoms with Gasteiger partial charge in [-0.1, -0.05) is 112 Å². The van der Waals surface area contributed by atoms with E-state index in [1.807, 2.05) is 80.6 Å². The molecule has 0 unspecified atom stereocenters. The molecule has 204 valence electrons. The van der Waals surface area contributed by atoms with Gasteiger partial charge in [0.15, 0.2) is 15.6 Å². The molecule has 7 heteroatoms. The minimum Gasteiger partial charge on any atom is -0.407 e. The first-order chi connectivity index (χ1) is 17.9. The molecule has 4 rings (SSSR count). The summed E-state index contributed by atoms with van der Waals surface area (Å²) in [6.07, 6.45) is 0. The molecule has 1 saturated heterocycles. The summed E-state index contributed by atoms with van der Waals surface area (Å²) in [4.78, 5) is 0. The van der Waals surface area contributed by atoms with Gasteiger partial charge in [0, 0.05) is 6.61 Å². The maximum Gasteiger partial charge on any atom is 0.261 e. The average Bonchev–Trinajstić information content (AvgIpc) is 2.87. The molecule has 3 aromatic carbocycles. The Bertz CT molecular complexity index is 1240. The molecule has 1 aliphatic rings. The third-order valence-corrected chi connectivity index (χ3v) is 14.0. The number of rotatable bonds is 9. The Kier molecular flexibility index (Phi) is 8.36. The summed E-state index contributed by atoms with van der Waals surface area (Å²) in [5.74, 6) is -0.883. The van der Waals surface area contributed by atoms with E-state index in [1.165, 1.54) is 0 Å². The quantitative estimate of drug-likeness (QED) is 0.352. The van der Waals surface area contributed by atoms with E-state index in [0.29, 0.717) is 0 Å². The normalized spacial score (nSPS) is 17.7. The smallest absolute Gasteiger partial charge is 0.261 e. The third kappa shape index (κ3) is 6.46. The maximum absolute atomic E-state index is 13.5. The van der Waals surface area contributed by atoms with Crippen molar-refractivity contribution in [1.29, 1.82) is 0 Å². The highest BCUT2D eigenvalue weighted by Crippen LogP contribution is 2.39. The summed E-state index contributed by atoms with van der Waals surface area (Å²) in [6, 6.07) is 30.1. The number of hydrogen-bond acceptors (Lipinski definition) is 5. The Morgan fingerprint density at radius 3 is 1.68 bits per heavy atom. The molecule has 0 atom stereocenters. The fourth-order valence-electron chi connectivity index (χ4n) is 5.31. The van der Waals surface area contributed by atoms with Crippen molar-refractivity contribution >= 4 is 28.5 Å². The van der Waals surface area contributed by atoms with Crippen LogP contribution in [-0.4, -0.2) is 48.1 Å². The van der Waals surface area contributed by atoms with Crippen molar-refractivity contribution in [2.75, 3.05) is 25.6 Å². The lowest BCUT2D eigenvalue weighted by Gasteiger charge is -2.48. The Hall–Kier alpha value is -2.29. The number of ether oxygens (including phenoxy) is 2. The molecule has 1 fully saturated rings. The van der Waals surface area contributed by atoms with E-state index in [0.717, 1.165) is 15.9 Å². The molecule has 38 heavy (non-hydrogen) atoms. The Balaban J connectivity index is 1.73. The highest BCUT2D eigenvalue weighted by molar-refractivity contribution is 7.90. The van der Waals surface area contributed by atoms with Crippen LogP contribution in [0.3, 0.4) is 0 Å². The Morgan fingerprint density at radius 1 is 0.789 bits per heavy atom. The van der Waals surface area contributed by atoms with E-state index in [4.69, 9.17) is 13.9 Å². The summed E-state index contributed by atoms with van der Waals surface area (Å²) < 4.78 is 46.4. The zero-order valence-electron chi connectivity index (χ0n) is 23.1. The summed E-state index contributed by atoms with van der Waals surface area (Å²) in [6.45, 7) is 11.1. The molecule has 0 aliphatic carbocycles. The Morgan fingerprint density at radius 2 is 1.24 bits per heavy atom.